The van der Waals surface area contributed by atoms with Gasteiger partial charge in [-0.2, -0.15) is 9.97 Å². The van der Waals surface area contributed by atoms with Crippen molar-refractivity contribution in [2.24, 2.45) is 0 Å². The molecule has 0 saturated carbocycles. The summed E-state index contributed by atoms with van der Waals surface area (Å²) in [6, 6.07) is 11.5. The Morgan fingerprint density at radius 2 is 1.88 bits per heavy atom. The highest BCUT2D eigenvalue weighted by Gasteiger charge is 2.09. The maximum absolute atomic E-state index is 11.0. The van der Waals surface area contributed by atoms with E-state index in [2.05, 4.69) is 15.1 Å². The first kappa shape index (κ1) is 8.84. The Morgan fingerprint density at radius 3 is 2.69 bits per heavy atom. The van der Waals surface area contributed by atoms with Crippen LogP contribution in [0.1, 0.15) is 0 Å². The van der Waals surface area contributed by atoms with E-state index in [4.69, 9.17) is 0 Å². The molecule has 16 heavy (non-hydrogen) atoms. The van der Waals surface area contributed by atoms with Crippen LogP contribution in [0.2, 0.25) is 0 Å². The van der Waals surface area contributed by atoms with Crippen LogP contribution in [0.15, 0.2) is 47.4 Å². The summed E-state index contributed by atoms with van der Waals surface area (Å²) in [6.45, 7) is 0. The second-order valence-corrected chi connectivity index (χ2v) is 3.37. The second-order valence-electron chi connectivity index (χ2n) is 3.37. The third-order valence-corrected chi connectivity index (χ3v) is 2.31. The van der Waals surface area contributed by atoms with Crippen LogP contribution in [0.25, 0.3) is 17.2 Å². The number of hydrogen-bond acceptors (Lipinski definition) is 3. The number of aromatic nitrogens is 4. The van der Waals surface area contributed by atoms with Crippen LogP contribution >= 0.6 is 0 Å². The van der Waals surface area contributed by atoms with E-state index in [0.717, 1.165) is 5.69 Å². The van der Waals surface area contributed by atoms with Crippen LogP contribution < -0.4 is 5.69 Å². The van der Waals surface area contributed by atoms with E-state index >= 15 is 0 Å². The number of imidazole rings is 1. The molecule has 3 rings (SSSR count). The number of para-hydroxylation sites is 1. The van der Waals surface area contributed by atoms with E-state index in [1.165, 1.54) is 0 Å². The van der Waals surface area contributed by atoms with E-state index in [-0.39, 0.29) is 0 Å². The molecule has 0 saturated heterocycles. The molecule has 5 heteroatoms. The maximum Gasteiger partial charge on any atom is 0.369 e. The number of hydrogen-bond donors (Lipinski definition) is 1. The van der Waals surface area contributed by atoms with E-state index in [9.17, 15) is 4.79 Å². The molecule has 0 fully saturated rings. The summed E-state index contributed by atoms with van der Waals surface area (Å²) >= 11 is 0. The minimum atomic E-state index is -0.461. The number of rotatable bonds is 1. The molecule has 1 N–H and O–H groups in total. The summed E-state index contributed by atoms with van der Waals surface area (Å²) in [5.74, 6) is 0.497. The van der Waals surface area contributed by atoms with Gasteiger partial charge >= 0.3 is 5.69 Å². The molecule has 1 aromatic carbocycles. The van der Waals surface area contributed by atoms with Crippen molar-refractivity contribution >= 4 is 0 Å². The SMILES string of the molecule is O=c1nc2ccn(-c3ccccc3)[nH]c-2n1. The number of benzene rings is 1. The Bertz CT molecular complexity index is 641. The fourth-order valence-electron chi connectivity index (χ4n) is 1.57. The van der Waals surface area contributed by atoms with Gasteiger partial charge in [-0.25, -0.2) is 4.79 Å². The molecule has 2 heterocycles. The first-order valence-corrected chi connectivity index (χ1v) is 4.84. The first-order valence-electron chi connectivity index (χ1n) is 4.84. The third-order valence-electron chi connectivity index (χ3n) is 2.31. The van der Waals surface area contributed by atoms with E-state index in [1.54, 1.807) is 10.7 Å². The highest BCUT2D eigenvalue weighted by Crippen LogP contribution is 2.12. The molecule has 2 aliphatic rings. The number of aromatic amines is 1. The predicted molar refractivity (Wildman–Crippen MR) is 58.6 cm³/mol. The Hall–Kier alpha value is -2.43. The smallest absolute Gasteiger partial charge is 0.276 e. The molecule has 0 aromatic heterocycles. The zero-order chi connectivity index (χ0) is 11.0. The van der Waals surface area contributed by atoms with Gasteiger partial charge in [0.25, 0.3) is 0 Å². The van der Waals surface area contributed by atoms with E-state index in [0.29, 0.717) is 11.5 Å². The Morgan fingerprint density at radius 1 is 1.06 bits per heavy atom. The molecule has 0 radical (unpaired) electrons. The summed E-state index contributed by atoms with van der Waals surface area (Å²) in [4.78, 5) is 18.5. The fraction of sp³-hybridized carbons (Fsp3) is 0. The van der Waals surface area contributed by atoms with Gasteiger partial charge in [0, 0.05) is 6.20 Å². The van der Waals surface area contributed by atoms with Crippen LogP contribution in [0.4, 0.5) is 0 Å². The molecular weight excluding hydrogens is 204 g/mol. The molecular formula is C11H8N4O. The van der Waals surface area contributed by atoms with Gasteiger partial charge in [0.05, 0.1) is 5.69 Å². The van der Waals surface area contributed by atoms with Gasteiger partial charge in [-0.3, -0.25) is 9.78 Å². The molecule has 0 unspecified atom stereocenters. The van der Waals surface area contributed by atoms with Gasteiger partial charge in [-0.15, -0.1) is 0 Å². The Kier molecular flexibility index (Phi) is 1.83. The molecule has 0 amide bonds. The topological polar surface area (TPSA) is 63.6 Å². The van der Waals surface area contributed by atoms with Crippen molar-refractivity contribution < 1.29 is 0 Å². The van der Waals surface area contributed by atoms with Crippen LogP contribution in [0.3, 0.4) is 0 Å². The average molecular weight is 212 g/mol. The minimum Gasteiger partial charge on any atom is -0.276 e. The highest BCUT2D eigenvalue weighted by atomic mass is 16.1. The monoisotopic (exact) mass is 212 g/mol. The van der Waals surface area contributed by atoms with Gasteiger partial charge in [-0.1, -0.05) is 18.2 Å². The lowest BCUT2D eigenvalue weighted by molar-refractivity contribution is 0.835. The summed E-state index contributed by atoms with van der Waals surface area (Å²) in [7, 11) is 0. The normalized spacial score (nSPS) is 10.8. The lowest BCUT2D eigenvalue weighted by atomic mass is 10.3. The van der Waals surface area contributed by atoms with Gasteiger partial charge in [0.15, 0.2) is 5.82 Å². The van der Waals surface area contributed by atoms with Crippen LogP contribution in [-0.2, 0) is 0 Å². The Balaban J connectivity index is 2.20. The van der Waals surface area contributed by atoms with Crippen molar-refractivity contribution in [2.45, 2.75) is 0 Å². The van der Waals surface area contributed by atoms with Crippen molar-refractivity contribution in [1.82, 2.24) is 19.7 Å². The van der Waals surface area contributed by atoms with Gasteiger partial charge < -0.3 is 0 Å². The zero-order valence-electron chi connectivity index (χ0n) is 8.29. The molecule has 2 aliphatic heterocycles. The number of nitrogens with zero attached hydrogens (tertiary/aromatic N) is 3. The van der Waals surface area contributed by atoms with Crippen LogP contribution in [-0.4, -0.2) is 19.7 Å². The fourth-order valence-corrected chi connectivity index (χ4v) is 1.57. The lowest BCUT2D eigenvalue weighted by Gasteiger charge is -2.07. The number of fused-ring (bicyclic) bond motifs is 1. The zero-order valence-corrected chi connectivity index (χ0v) is 8.29. The van der Waals surface area contributed by atoms with Gasteiger partial charge in [-0.05, 0) is 18.2 Å². The van der Waals surface area contributed by atoms with Crippen molar-refractivity contribution in [1.29, 1.82) is 0 Å². The quantitative estimate of drug-likeness (QED) is 0.656. The highest BCUT2D eigenvalue weighted by molar-refractivity contribution is 5.49. The molecule has 0 spiro atoms. The van der Waals surface area contributed by atoms with E-state index < -0.39 is 5.69 Å². The largest absolute Gasteiger partial charge is 0.369 e. The van der Waals surface area contributed by atoms with Crippen molar-refractivity contribution in [3.63, 3.8) is 0 Å². The number of H-pyrrole nitrogens is 1. The van der Waals surface area contributed by atoms with Crippen molar-refractivity contribution in [3.05, 3.63) is 53.1 Å². The maximum atomic E-state index is 11.0. The summed E-state index contributed by atoms with van der Waals surface area (Å²) in [5.41, 5.74) is 1.09. The second kappa shape index (κ2) is 3.30. The summed E-state index contributed by atoms with van der Waals surface area (Å²) in [5, 5.41) is 3.01. The summed E-state index contributed by atoms with van der Waals surface area (Å²) < 4.78 is 1.79. The minimum absolute atomic E-state index is 0.461. The van der Waals surface area contributed by atoms with Gasteiger partial charge in [0.1, 0.15) is 5.69 Å². The lowest BCUT2D eigenvalue weighted by Crippen LogP contribution is -2.02. The predicted octanol–water partition coefficient (Wildman–Crippen LogP) is 1.06. The van der Waals surface area contributed by atoms with E-state index in [1.807, 2.05) is 36.5 Å². The first-order chi connectivity index (χ1) is 7.83. The molecule has 0 atom stereocenters. The van der Waals surface area contributed by atoms with Crippen molar-refractivity contribution in [2.75, 3.05) is 0 Å². The average Bonchev–Trinajstić information content (AvgIpc) is 2.69. The number of nitrogens with one attached hydrogen (secondary N) is 1. The molecule has 78 valence electrons. The van der Waals surface area contributed by atoms with Crippen molar-refractivity contribution in [3.8, 4) is 17.2 Å². The molecule has 5 nitrogen and oxygen atoms in total. The molecule has 0 bridgehead atoms. The van der Waals surface area contributed by atoms with Crippen LogP contribution in [0, 0.1) is 0 Å². The summed E-state index contributed by atoms with van der Waals surface area (Å²) in [6.07, 6.45) is 1.81. The molecule has 1 aromatic rings. The van der Waals surface area contributed by atoms with Gasteiger partial charge in [0.2, 0.25) is 0 Å². The standard InChI is InChI=1S/C11H8N4O/c16-11-12-9-6-7-15(14-10(9)13-11)8-4-2-1-3-5-8/h1-7H,(H,13,14,16). The van der Waals surface area contributed by atoms with Crippen LogP contribution in [0.5, 0.6) is 0 Å². The molecule has 0 aliphatic carbocycles. The Labute approximate surface area is 90.7 Å². The third kappa shape index (κ3) is 1.38.